The van der Waals surface area contributed by atoms with Gasteiger partial charge < -0.3 is 5.32 Å². The summed E-state index contributed by atoms with van der Waals surface area (Å²) in [6, 6.07) is 14.8. The van der Waals surface area contributed by atoms with Crippen LogP contribution in [0.1, 0.15) is 34.5 Å². The molecule has 0 aromatic heterocycles. The smallest absolute Gasteiger partial charge is 0.261 e. The van der Waals surface area contributed by atoms with Crippen molar-refractivity contribution in [3.8, 4) is 0 Å². The van der Waals surface area contributed by atoms with Gasteiger partial charge in [-0.15, -0.1) is 0 Å². The van der Waals surface area contributed by atoms with Crippen LogP contribution in [0.25, 0.3) is 0 Å². The average Bonchev–Trinajstić information content (AvgIpc) is 2.69. The highest BCUT2D eigenvalue weighted by Gasteiger charge is 2.18. The van der Waals surface area contributed by atoms with Crippen molar-refractivity contribution >= 4 is 21.6 Å². The summed E-state index contributed by atoms with van der Waals surface area (Å²) in [6.07, 6.45) is 0. The Kier molecular flexibility index (Phi) is 6.17. The van der Waals surface area contributed by atoms with Crippen LogP contribution in [0.5, 0.6) is 0 Å². The van der Waals surface area contributed by atoms with Gasteiger partial charge in [0.2, 0.25) is 0 Å². The van der Waals surface area contributed by atoms with Crippen molar-refractivity contribution in [2.75, 3.05) is 4.72 Å². The predicted octanol–water partition coefficient (Wildman–Crippen LogP) is 4.57. The maximum absolute atomic E-state index is 13.9. The van der Waals surface area contributed by atoms with Gasteiger partial charge in [-0.1, -0.05) is 24.3 Å². The van der Waals surface area contributed by atoms with Crippen LogP contribution in [0.4, 0.5) is 14.5 Å². The van der Waals surface area contributed by atoms with Gasteiger partial charge in [0.15, 0.2) is 0 Å². The van der Waals surface area contributed by atoms with Crippen LogP contribution < -0.4 is 10.0 Å². The molecule has 30 heavy (non-hydrogen) atoms. The first-order valence-corrected chi connectivity index (χ1v) is 10.6. The summed E-state index contributed by atoms with van der Waals surface area (Å²) in [5, 5.41) is 2.61. The van der Waals surface area contributed by atoms with E-state index >= 15 is 0 Å². The maximum Gasteiger partial charge on any atom is 0.261 e. The molecular weight excluding hydrogens is 410 g/mol. The lowest BCUT2D eigenvalue weighted by molar-refractivity contribution is 0.0939. The van der Waals surface area contributed by atoms with Gasteiger partial charge >= 0.3 is 0 Å². The Labute approximate surface area is 173 Å². The molecule has 0 fully saturated rings. The molecule has 0 aliphatic heterocycles. The minimum absolute atomic E-state index is 0.0000643. The van der Waals surface area contributed by atoms with Crippen LogP contribution in [0.15, 0.2) is 71.6 Å². The van der Waals surface area contributed by atoms with Crippen molar-refractivity contribution in [2.24, 2.45) is 0 Å². The fourth-order valence-corrected chi connectivity index (χ4v) is 4.02. The fraction of sp³-hybridized carbons (Fsp3) is 0.136. The monoisotopic (exact) mass is 430 g/mol. The van der Waals surface area contributed by atoms with Crippen molar-refractivity contribution < 1.29 is 22.0 Å². The molecule has 0 aliphatic rings. The Morgan fingerprint density at radius 3 is 2.27 bits per heavy atom. The number of amides is 1. The van der Waals surface area contributed by atoms with Crippen LogP contribution in [0.3, 0.4) is 0 Å². The van der Waals surface area contributed by atoms with Gasteiger partial charge in [0.05, 0.1) is 16.6 Å². The Hall–Kier alpha value is -3.26. The lowest BCUT2D eigenvalue weighted by Gasteiger charge is -2.15. The van der Waals surface area contributed by atoms with Crippen LogP contribution in [0.2, 0.25) is 0 Å². The second-order valence-corrected chi connectivity index (χ2v) is 8.49. The third kappa shape index (κ3) is 4.83. The number of anilines is 1. The van der Waals surface area contributed by atoms with Crippen molar-refractivity contribution in [3.05, 3.63) is 95.1 Å². The number of rotatable bonds is 6. The van der Waals surface area contributed by atoms with Gasteiger partial charge in [-0.3, -0.25) is 9.52 Å². The standard InChI is InChI=1S/C22H20F2N2O3S/c1-14-5-3-4-6-21(14)26-30(28,29)18-10-7-16(8-11-18)22(27)25-15(2)19-12-9-17(23)13-20(19)24/h3-13,15,26H,1-2H3,(H,25,27). The van der Waals surface area contributed by atoms with Crippen molar-refractivity contribution in [2.45, 2.75) is 24.8 Å². The summed E-state index contributed by atoms with van der Waals surface area (Å²) >= 11 is 0. The van der Waals surface area contributed by atoms with Crippen molar-refractivity contribution in [1.82, 2.24) is 5.32 Å². The van der Waals surface area contributed by atoms with E-state index in [2.05, 4.69) is 10.0 Å². The molecule has 0 saturated carbocycles. The lowest BCUT2D eigenvalue weighted by Crippen LogP contribution is -2.27. The van der Waals surface area contributed by atoms with Crippen molar-refractivity contribution in [1.29, 1.82) is 0 Å². The largest absolute Gasteiger partial charge is 0.345 e. The Balaban J connectivity index is 1.73. The molecule has 1 unspecified atom stereocenters. The van der Waals surface area contributed by atoms with E-state index in [1.165, 1.54) is 30.3 Å². The molecule has 0 bridgehead atoms. The van der Waals surface area contributed by atoms with Crippen molar-refractivity contribution in [3.63, 3.8) is 0 Å². The van der Waals surface area contributed by atoms with Crippen LogP contribution in [-0.4, -0.2) is 14.3 Å². The summed E-state index contributed by atoms with van der Waals surface area (Å²) in [7, 11) is -3.82. The van der Waals surface area contributed by atoms with E-state index in [0.717, 1.165) is 17.7 Å². The van der Waals surface area contributed by atoms with Crippen LogP contribution >= 0.6 is 0 Å². The normalized spacial score (nSPS) is 12.3. The molecule has 3 aromatic carbocycles. The number of carbonyl (C=O) groups is 1. The molecular formula is C22H20F2N2O3S. The number of sulfonamides is 1. The second-order valence-electron chi connectivity index (χ2n) is 6.81. The molecule has 2 N–H and O–H groups in total. The van der Waals surface area contributed by atoms with Crippen LogP contribution in [-0.2, 0) is 10.0 Å². The molecule has 0 aliphatic carbocycles. The number of hydrogen-bond donors (Lipinski definition) is 2. The first kappa shape index (κ1) is 21.4. The van der Waals surface area contributed by atoms with Gasteiger partial charge in [0.1, 0.15) is 11.6 Å². The summed E-state index contributed by atoms with van der Waals surface area (Å²) < 4.78 is 54.6. The third-order valence-electron chi connectivity index (χ3n) is 4.59. The molecule has 156 valence electrons. The van der Waals surface area contributed by atoms with Gasteiger partial charge in [-0.05, 0) is 55.8 Å². The summed E-state index contributed by atoms with van der Waals surface area (Å²) in [5.74, 6) is -1.97. The van der Waals surface area contributed by atoms with E-state index in [0.29, 0.717) is 5.69 Å². The molecule has 8 heteroatoms. The SMILES string of the molecule is Cc1ccccc1NS(=O)(=O)c1ccc(C(=O)NC(C)c2ccc(F)cc2F)cc1. The molecule has 3 aromatic rings. The van der Waals surface area contributed by atoms with E-state index in [-0.39, 0.29) is 16.0 Å². The molecule has 5 nitrogen and oxygen atoms in total. The third-order valence-corrected chi connectivity index (χ3v) is 5.97. The number of aryl methyl sites for hydroxylation is 1. The number of halogens is 2. The van der Waals surface area contributed by atoms with Gasteiger partial charge in [-0.2, -0.15) is 0 Å². The predicted molar refractivity (Wildman–Crippen MR) is 111 cm³/mol. The summed E-state index contributed by atoms with van der Waals surface area (Å²) in [5.41, 5.74) is 1.60. The zero-order valence-corrected chi connectivity index (χ0v) is 17.1. The highest BCUT2D eigenvalue weighted by Crippen LogP contribution is 2.21. The Morgan fingerprint density at radius 2 is 1.63 bits per heavy atom. The molecule has 0 saturated heterocycles. The highest BCUT2D eigenvalue weighted by molar-refractivity contribution is 7.92. The molecule has 0 spiro atoms. The second kappa shape index (κ2) is 8.62. The quantitative estimate of drug-likeness (QED) is 0.602. The fourth-order valence-electron chi connectivity index (χ4n) is 2.89. The zero-order chi connectivity index (χ0) is 21.9. The number of carbonyl (C=O) groups excluding carboxylic acids is 1. The van der Waals surface area contributed by atoms with Gasteiger partial charge in [0.25, 0.3) is 15.9 Å². The average molecular weight is 430 g/mol. The number of benzene rings is 3. The van der Waals surface area contributed by atoms with Gasteiger partial charge in [0, 0.05) is 17.2 Å². The van der Waals surface area contributed by atoms with Crippen LogP contribution in [0, 0.1) is 18.6 Å². The van der Waals surface area contributed by atoms with E-state index in [1.54, 1.807) is 38.1 Å². The Bertz CT molecular complexity index is 1180. The van der Waals surface area contributed by atoms with Gasteiger partial charge in [-0.25, -0.2) is 17.2 Å². The lowest BCUT2D eigenvalue weighted by atomic mass is 10.1. The maximum atomic E-state index is 13.9. The minimum Gasteiger partial charge on any atom is -0.345 e. The van der Waals surface area contributed by atoms with E-state index in [9.17, 15) is 22.0 Å². The van der Waals surface area contributed by atoms with E-state index < -0.39 is 33.6 Å². The molecule has 0 radical (unpaired) electrons. The number of para-hydroxylation sites is 1. The molecule has 3 rings (SSSR count). The summed E-state index contributed by atoms with van der Waals surface area (Å²) in [4.78, 5) is 12.4. The minimum atomic E-state index is -3.82. The van der Waals surface area contributed by atoms with E-state index in [1.807, 2.05) is 0 Å². The first-order chi connectivity index (χ1) is 14.2. The highest BCUT2D eigenvalue weighted by atomic mass is 32.2. The van der Waals surface area contributed by atoms with E-state index in [4.69, 9.17) is 0 Å². The first-order valence-electron chi connectivity index (χ1n) is 9.12. The number of hydrogen-bond acceptors (Lipinski definition) is 3. The number of nitrogens with one attached hydrogen (secondary N) is 2. The molecule has 1 atom stereocenters. The summed E-state index contributed by atoms with van der Waals surface area (Å²) in [6.45, 7) is 3.36. The topological polar surface area (TPSA) is 75.3 Å². The molecule has 1 amide bonds. The Morgan fingerprint density at radius 1 is 0.967 bits per heavy atom. The molecule has 0 heterocycles. The zero-order valence-electron chi connectivity index (χ0n) is 16.3.